The van der Waals surface area contributed by atoms with Crippen LogP contribution in [0.15, 0.2) is 34.9 Å². The standard InChI is InChI=1S/C22H29N3O6/c1-28-13-11-25(10-9-21(26)23-15-18-4-3-12-30-18)22(27)19-14-20(31-24-19)16-5-7-17(29-2)8-6-16/h5-8,14,18H,3-4,9-13,15H2,1-2H3,(H,23,26). The summed E-state index contributed by atoms with van der Waals surface area (Å²) in [6, 6.07) is 8.86. The topological polar surface area (TPSA) is 103 Å². The van der Waals surface area contributed by atoms with Crippen molar-refractivity contribution in [2.75, 3.05) is 47.1 Å². The normalized spacial score (nSPS) is 15.6. The quantitative estimate of drug-likeness (QED) is 0.581. The van der Waals surface area contributed by atoms with Gasteiger partial charge in [0.05, 0.1) is 19.8 Å². The largest absolute Gasteiger partial charge is 0.497 e. The predicted octanol–water partition coefficient (Wildman–Crippen LogP) is 2.12. The molecule has 0 aliphatic carbocycles. The van der Waals surface area contributed by atoms with Crippen LogP contribution >= 0.6 is 0 Å². The highest BCUT2D eigenvalue weighted by Crippen LogP contribution is 2.23. The Morgan fingerprint density at radius 3 is 2.71 bits per heavy atom. The van der Waals surface area contributed by atoms with Crippen LogP contribution in [0.1, 0.15) is 29.8 Å². The van der Waals surface area contributed by atoms with Crippen molar-refractivity contribution in [3.63, 3.8) is 0 Å². The third kappa shape index (κ3) is 6.53. The number of hydrogen-bond donors (Lipinski definition) is 1. The average Bonchev–Trinajstić information content (AvgIpc) is 3.50. The van der Waals surface area contributed by atoms with Crippen molar-refractivity contribution in [1.82, 2.24) is 15.4 Å². The van der Waals surface area contributed by atoms with Crippen LogP contribution in [0.2, 0.25) is 0 Å². The Labute approximate surface area is 181 Å². The van der Waals surface area contributed by atoms with Gasteiger partial charge in [-0.25, -0.2) is 0 Å². The zero-order valence-electron chi connectivity index (χ0n) is 18.0. The minimum Gasteiger partial charge on any atom is -0.497 e. The molecule has 1 unspecified atom stereocenters. The van der Waals surface area contributed by atoms with Gasteiger partial charge in [-0.1, -0.05) is 5.16 Å². The molecule has 2 amide bonds. The number of benzene rings is 1. The SMILES string of the molecule is COCCN(CCC(=O)NCC1CCCO1)C(=O)c1cc(-c2ccc(OC)cc2)on1. The number of hydrogen-bond acceptors (Lipinski definition) is 7. The molecular formula is C22H29N3O6. The Kier molecular flexibility index (Phi) is 8.43. The molecular weight excluding hydrogens is 402 g/mol. The zero-order valence-corrected chi connectivity index (χ0v) is 18.0. The van der Waals surface area contributed by atoms with E-state index in [-0.39, 0.29) is 36.6 Å². The maximum atomic E-state index is 13.0. The first kappa shape index (κ1) is 22.8. The van der Waals surface area contributed by atoms with Gasteiger partial charge in [-0.3, -0.25) is 9.59 Å². The molecule has 9 heteroatoms. The van der Waals surface area contributed by atoms with Crippen molar-refractivity contribution < 1.29 is 28.3 Å². The van der Waals surface area contributed by atoms with E-state index in [4.69, 9.17) is 18.7 Å². The molecule has 0 bridgehead atoms. The third-order valence-electron chi connectivity index (χ3n) is 5.12. The fraction of sp³-hybridized carbons (Fsp3) is 0.500. The molecule has 1 aromatic carbocycles. The third-order valence-corrected chi connectivity index (χ3v) is 5.12. The number of carbonyl (C=O) groups excluding carboxylic acids is 2. The van der Waals surface area contributed by atoms with Gasteiger partial charge in [0, 0.05) is 51.4 Å². The number of nitrogens with zero attached hydrogens (tertiary/aromatic N) is 2. The Bertz CT molecular complexity index is 845. The second kappa shape index (κ2) is 11.5. The molecule has 0 spiro atoms. The van der Waals surface area contributed by atoms with Crippen molar-refractivity contribution >= 4 is 11.8 Å². The molecule has 2 heterocycles. The molecule has 1 N–H and O–H groups in total. The number of carbonyl (C=O) groups is 2. The lowest BCUT2D eigenvalue weighted by Crippen LogP contribution is -2.38. The first-order chi connectivity index (χ1) is 15.1. The number of methoxy groups -OCH3 is 2. The lowest BCUT2D eigenvalue weighted by atomic mass is 10.1. The van der Waals surface area contributed by atoms with E-state index in [9.17, 15) is 9.59 Å². The second-order valence-electron chi connectivity index (χ2n) is 7.28. The summed E-state index contributed by atoms with van der Waals surface area (Å²) in [6.07, 6.45) is 2.25. The van der Waals surface area contributed by atoms with Gasteiger partial charge in [-0.2, -0.15) is 0 Å². The fourth-order valence-corrected chi connectivity index (χ4v) is 3.30. The number of amides is 2. The van der Waals surface area contributed by atoms with Gasteiger partial charge in [-0.15, -0.1) is 0 Å². The van der Waals surface area contributed by atoms with E-state index in [0.717, 1.165) is 30.8 Å². The fourth-order valence-electron chi connectivity index (χ4n) is 3.30. The average molecular weight is 431 g/mol. The van der Waals surface area contributed by atoms with Gasteiger partial charge in [0.2, 0.25) is 5.91 Å². The summed E-state index contributed by atoms with van der Waals surface area (Å²) in [5, 5.41) is 6.80. The minimum atomic E-state index is -0.313. The zero-order chi connectivity index (χ0) is 22.1. The maximum absolute atomic E-state index is 13.0. The van der Waals surface area contributed by atoms with Crippen LogP contribution in [0.4, 0.5) is 0 Å². The van der Waals surface area contributed by atoms with E-state index in [1.165, 1.54) is 0 Å². The molecule has 3 rings (SSSR count). The highest BCUT2D eigenvalue weighted by molar-refractivity contribution is 5.93. The molecule has 2 aromatic rings. The van der Waals surface area contributed by atoms with Crippen LogP contribution in [-0.2, 0) is 14.3 Å². The van der Waals surface area contributed by atoms with Crippen molar-refractivity contribution in [3.05, 3.63) is 36.0 Å². The Hall–Kier alpha value is -2.91. The van der Waals surface area contributed by atoms with Crippen LogP contribution in [0.25, 0.3) is 11.3 Å². The van der Waals surface area contributed by atoms with Gasteiger partial charge in [0.25, 0.3) is 5.91 Å². The summed E-state index contributed by atoms with van der Waals surface area (Å²) in [6.45, 7) is 2.20. The second-order valence-corrected chi connectivity index (χ2v) is 7.28. The van der Waals surface area contributed by atoms with Crippen molar-refractivity contribution in [2.24, 2.45) is 0 Å². The van der Waals surface area contributed by atoms with Crippen molar-refractivity contribution in [2.45, 2.75) is 25.4 Å². The molecule has 1 aliphatic rings. The molecule has 1 atom stereocenters. The van der Waals surface area contributed by atoms with Gasteiger partial charge < -0.3 is 29.0 Å². The molecule has 1 aliphatic heterocycles. The summed E-state index contributed by atoms with van der Waals surface area (Å²) in [4.78, 5) is 26.7. The molecule has 1 saturated heterocycles. The smallest absolute Gasteiger partial charge is 0.276 e. The molecule has 1 aromatic heterocycles. The summed E-state index contributed by atoms with van der Waals surface area (Å²) in [5.41, 5.74) is 0.964. The van der Waals surface area contributed by atoms with E-state index < -0.39 is 0 Å². The first-order valence-electron chi connectivity index (χ1n) is 10.4. The van der Waals surface area contributed by atoms with Crippen molar-refractivity contribution in [3.8, 4) is 17.1 Å². The number of aromatic nitrogens is 1. The van der Waals surface area contributed by atoms with Gasteiger partial charge in [0.15, 0.2) is 11.5 Å². The van der Waals surface area contributed by atoms with Crippen molar-refractivity contribution in [1.29, 1.82) is 0 Å². The lowest BCUT2D eigenvalue weighted by Gasteiger charge is -2.21. The summed E-state index contributed by atoms with van der Waals surface area (Å²) < 4.78 is 21.1. The van der Waals surface area contributed by atoms with E-state index in [1.54, 1.807) is 37.3 Å². The maximum Gasteiger partial charge on any atom is 0.276 e. The molecule has 9 nitrogen and oxygen atoms in total. The molecule has 168 valence electrons. The van der Waals surface area contributed by atoms with Gasteiger partial charge in [-0.05, 0) is 37.1 Å². The van der Waals surface area contributed by atoms with E-state index in [1.807, 2.05) is 12.1 Å². The monoisotopic (exact) mass is 431 g/mol. The molecule has 0 radical (unpaired) electrons. The van der Waals surface area contributed by atoms with Crippen LogP contribution in [-0.4, -0.2) is 75.0 Å². The minimum absolute atomic E-state index is 0.0849. The summed E-state index contributed by atoms with van der Waals surface area (Å²) in [7, 11) is 3.16. The van der Waals surface area contributed by atoms with Gasteiger partial charge in [0.1, 0.15) is 5.75 Å². The van der Waals surface area contributed by atoms with Crippen LogP contribution < -0.4 is 10.1 Å². The Morgan fingerprint density at radius 2 is 2.03 bits per heavy atom. The number of nitrogens with one attached hydrogen (secondary N) is 1. The van der Waals surface area contributed by atoms with E-state index in [2.05, 4.69) is 10.5 Å². The predicted molar refractivity (Wildman–Crippen MR) is 113 cm³/mol. The number of rotatable bonds is 11. The van der Waals surface area contributed by atoms with E-state index >= 15 is 0 Å². The van der Waals surface area contributed by atoms with E-state index in [0.29, 0.717) is 25.5 Å². The molecule has 1 fully saturated rings. The summed E-state index contributed by atoms with van der Waals surface area (Å²) in [5.74, 6) is 0.771. The first-order valence-corrected chi connectivity index (χ1v) is 10.4. The molecule has 31 heavy (non-hydrogen) atoms. The van der Waals surface area contributed by atoms with Crippen LogP contribution in [0.3, 0.4) is 0 Å². The highest BCUT2D eigenvalue weighted by Gasteiger charge is 2.22. The highest BCUT2D eigenvalue weighted by atomic mass is 16.5. The van der Waals surface area contributed by atoms with Crippen LogP contribution in [0.5, 0.6) is 5.75 Å². The van der Waals surface area contributed by atoms with Crippen LogP contribution in [0, 0.1) is 0 Å². The lowest BCUT2D eigenvalue weighted by molar-refractivity contribution is -0.121. The van der Waals surface area contributed by atoms with Gasteiger partial charge >= 0.3 is 0 Å². The molecule has 0 saturated carbocycles. The number of ether oxygens (including phenoxy) is 3. The summed E-state index contributed by atoms with van der Waals surface area (Å²) >= 11 is 0. The Balaban J connectivity index is 1.58. The Morgan fingerprint density at radius 1 is 1.23 bits per heavy atom.